The number of benzene rings is 2. The molecular formula is C14H10O4. The monoisotopic (exact) mass is 242 g/mol. The van der Waals surface area contributed by atoms with Gasteiger partial charge in [-0.25, -0.2) is 4.79 Å². The number of phenolic OH excluding ortho intramolecular Hbond substituents is 1. The lowest BCUT2D eigenvalue weighted by Crippen LogP contribution is -2.23. The summed E-state index contributed by atoms with van der Waals surface area (Å²) in [6, 6.07) is 13.3. The number of cyclic esters (lactones) is 1. The number of hydrogen-bond acceptors (Lipinski definition) is 4. The van der Waals surface area contributed by atoms with Crippen molar-refractivity contribution < 1.29 is 19.4 Å². The van der Waals surface area contributed by atoms with E-state index in [0.717, 1.165) is 0 Å². The number of phenols is 1. The summed E-state index contributed by atoms with van der Waals surface area (Å²) in [7, 11) is 0. The molecule has 1 unspecified atom stereocenters. The van der Waals surface area contributed by atoms with Crippen molar-refractivity contribution in [3.63, 3.8) is 0 Å². The van der Waals surface area contributed by atoms with Gasteiger partial charge in [0.2, 0.25) is 0 Å². The number of esters is 1. The Morgan fingerprint density at radius 1 is 1.00 bits per heavy atom. The van der Waals surface area contributed by atoms with Crippen LogP contribution in [0.2, 0.25) is 0 Å². The highest BCUT2D eigenvalue weighted by molar-refractivity contribution is 5.93. The number of aromatic hydroxyl groups is 1. The molecule has 3 rings (SSSR count). The van der Waals surface area contributed by atoms with Gasteiger partial charge < -0.3 is 14.6 Å². The van der Waals surface area contributed by atoms with Crippen molar-refractivity contribution in [1.82, 2.24) is 0 Å². The van der Waals surface area contributed by atoms with Crippen LogP contribution in [0, 0.1) is 0 Å². The normalized spacial score (nSPS) is 17.6. The van der Waals surface area contributed by atoms with Crippen LogP contribution in [0.4, 0.5) is 0 Å². The largest absolute Gasteiger partial charge is 0.508 e. The molecule has 2 aromatic carbocycles. The van der Waals surface area contributed by atoms with Gasteiger partial charge in [-0.1, -0.05) is 24.3 Å². The smallest absolute Gasteiger partial charge is 0.345 e. The lowest BCUT2D eigenvalue weighted by molar-refractivity contribution is -0.0625. The van der Waals surface area contributed by atoms with E-state index >= 15 is 0 Å². The van der Waals surface area contributed by atoms with Gasteiger partial charge in [0.1, 0.15) is 17.1 Å². The van der Waals surface area contributed by atoms with Crippen LogP contribution in [0.15, 0.2) is 48.5 Å². The molecule has 0 amide bonds. The van der Waals surface area contributed by atoms with E-state index in [-0.39, 0.29) is 5.75 Å². The van der Waals surface area contributed by atoms with E-state index in [4.69, 9.17) is 9.47 Å². The Morgan fingerprint density at radius 3 is 2.67 bits per heavy atom. The van der Waals surface area contributed by atoms with Crippen LogP contribution in [0.5, 0.6) is 11.5 Å². The van der Waals surface area contributed by atoms with Gasteiger partial charge in [-0.15, -0.1) is 0 Å². The molecule has 0 radical (unpaired) electrons. The molecule has 0 aromatic heterocycles. The first kappa shape index (κ1) is 10.7. The Labute approximate surface area is 103 Å². The highest BCUT2D eigenvalue weighted by atomic mass is 16.7. The minimum atomic E-state index is -0.820. The number of fused-ring (bicyclic) bond motifs is 1. The van der Waals surface area contributed by atoms with Crippen LogP contribution in [0.25, 0.3) is 0 Å². The van der Waals surface area contributed by atoms with Gasteiger partial charge in [-0.05, 0) is 24.3 Å². The lowest BCUT2D eigenvalue weighted by Gasteiger charge is -2.25. The zero-order valence-electron chi connectivity index (χ0n) is 9.37. The van der Waals surface area contributed by atoms with Crippen LogP contribution in [0.3, 0.4) is 0 Å². The fraction of sp³-hybridized carbons (Fsp3) is 0.0714. The van der Waals surface area contributed by atoms with Crippen LogP contribution in [0.1, 0.15) is 22.2 Å². The number of rotatable bonds is 1. The highest BCUT2D eigenvalue weighted by Crippen LogP contribution is 2.33. The molecule has 0 bridgehead atoms. The molecule has 1 heterocycles. The Balaban J connectivity index is 1.97. The van der Waals surface area contributed by atoms with E-state index in [1.165, 1.54) is 6.07 Å². The van der Waals surface area contributed by atoms with Gasteiger partial charge >= 0.3 is 5.97 Å². The molecule has 4 nitrogen and oxygen atoms in total. The summed E-state index contributed by atoms with van der Waals surface area (Å²) in [5.41, 5.74) is 1.01. The number of carbonyl (C=O) groups excluding carboxylic acids is 1. The summed E-state index contributed by atoms with van der Waals surface area (Å²) in [4.78, 5) is 11.8. The molecule has 4 heteroatoms. The third-order valence-electron chi connectivity index (χ3n) is 2.70. The molecule has 90 valence electrons. The summed E-state index contributed by atoms with van der Waals surface area (Å²) in [5.74, 6) is 0.165. The maximum Gasteiger partial charge on any atom is 0.345 e. The summed E-state index contributed by atoms with van der Waals surface area (Å²) < 4.78 is 10.8. The second-order valence-electron chi connectivity index (χ2n) is 3.95. The van der Waals surface area contributed by atoms with Gasteiger partial charge in [-0.3, -0.25) is 0 Å². The zero-order chi connectivity index (χ0) is 12.5. The van der Waals surface area contributed by atoms with Crippen molar-refractivity contribution in [2.24, 2.45) is 0 Å². The number of ether oxygens (including phenoxy) is 2. The van der Waals surface area contributed by atoms with E-state index in [2.05, 4.69) is 0 Å². The van der Waals surface area contributed by atoms with E-state index < -0.39 is 12.3 Å². The molecule has 0 saturated heterocycles. The molecule has 1 aliphatic rings. The Hall–Kier alpha value is -2.49. The summed E-state index contributed by atoms with van der Waals surface area (Å²) in [5, 5.41) is 9.41. The topological polar surface area (TPSA) is 55.8 Å². The van der Waals surface area contributed by atoms with Crippen LogP contribution >= 0.6 is 0 Å². The van der Waals surface area contributed by atoms with Gasteiger partial charge in [0.05, 0.1) is 0 Å². The summed E-state index contributed by atoms with van der Waals surface area (Å²) >= 11 is 0. The van der Waals surface area contributed by atoms with Gasteiger partial charge in [0.15, 0.2) is 0 Å². The Bertz CT molecular complexity index is 606. The molecule has 2 aromatic rings. The SMILES string of the molecule is O=C1OC(c2cccc(O)c2)Oc2ccccc21. The number of hydrogen-bond donors (Lipinski definition) is 1. The third-order valence-corrected chi connectivity index (χ3v) is 2.70. The molecule has 1 atom stereocenters. The van der Waals surface area contributed by atoms with E-state index in [9.17, 15) is 9.90 Å². The first-order valence-corrected chi connectivity index (χ1v) is 5.49. The standard InChI is InChI=1S/C14H10O4/c15-10-5-3-4-9(8-10)14-17-12-7-2-1-6-11(12)13(16)18-14/h1-8,14-15H. The van der Waals surface area contributed by atoms with Crippen molar-refractivity contribution in [2.45, 2.75) is 6.29 Å². The molecule has 0 spiro atoms. The van der Waals surface area contributed by atoms with Crippen molar-refractivity contribution in [2.75, 3.05) is 0 Å². The first-order chi connectivity index (χ1) is 8.74. The van der Waals surface area contributed by atoms with E-state index in [1.54, 1.807) is 42.5 Å². The molecule has 1 aliphatic heterocycles. The molecule has 0 aliphatic carbocycles. The average Bonchev–Trinajstić information content (AvgIpc) is 2.39. The highest BCUT2D eigenvalue weighted by Gasteiger charge is 2.28. The minimum absolute atomic E-state index is 0.103. The Morgan fingerprint density at radius 2 is 1.83 bits per heavy atom. The predicted octanol–water partition coefficient (Wildman–Crippen LogP) is 2.64. The van der Waals surface area contributed by atoms with Gasteiger partial charge in [-0.2, -0.15) is 0 Å². The van der Waals surface area contributed by atoms with Crippen LogP contribution < -0.4 is 4.74 Å². The van der Waals surface area contributed by atoms with E-state index in [1.807, 2.05) is 0 Å². The quantitative estimate of drug-likeness (QED) is 0.781. The van der Waals surface area contributed by atoms with Gasteiger partial charge in [0.25, 0.3) is 6.29 Å². The average molecular weight is 242 g/mol. The van der Waals surface area contributed by atoms with Gasteiger partial charge in [0, 0.05) is 5.56 Å². The van der Waals surface area contributed by atoms with Crippen molar-refractivity contribution >= 4 is 5.97 Å². The predicted molar refractivity (Wildman–Crippen MR) is 63.3 cm³/mol. The van der Waals surface area contributed by atoms with E-state index in [0.29, 0.717) is 16.9 Å². The number of carbonyl (C=O) groups is 1. The summed E-state index contributed by atoms with van der Waals surface area (Å²) in [6.45, 7) is 0. The zero-order valence-corrected chi connectivity index (χ0v) is 9.37. The molecule has 0 saturated carbocycles. The lowest BCUT2D eigenvalue weighted by atomic mass is 10.1. The van der Waals surface area contributed by atoms with Crippen LogP contribution in [-0.4, -0.2) is 11.1 Å². The van der Waals surface area contributed by atoms with Crippen LogP contribution in [-0.2, 0) is 4.74 Å². The third kappa shape index (κ3) is 1.78. The maximum absolute atomic E-state index is 11.8. The minimum Gasteiger partial charge on any atom is -0.508 e. The van der Waals surface area contributed by atoms with Crippen molar-refractivity contribution in [3.05, 3.63) is 59.7 Å². The fourth-order valence-corrected chi connectivity index (χ4v) is 1.85. The molecule has 18 heavy (non-hydrogen) atoms. The maximum atomic E-state index is 11.8. The fourth-order valence-electron chi connectivity index (χ4n) is 1.85. The second-order valence-corrected chi connectivity index (χ2v) is 3.95. The molecular weight excluding hydrogens is 232 g/mol. The summed E-state index contributed by atoms with van der Waals surface area (Å²) in [6.07, 6.45) is -0.820. The Kier molecular flexibility index (Phi) is 2.41. The molecule has 1 N–H and O–H groups in total. The second kappa shape index (κ2) is 4.07. The van der Waals surface area contributed by atoms with Crippen molar-refractivity contribution in [1.29, 1.82) is 0 Å². The first-order valence-electron chi connectivity index (χ1n) is 5.49. The number of para-hydroxylation sites is 1. The van der Waals surface area contributed by atoms with Crippen molar-refractivity contribution in [3.8, 4) is 11.5 Å². The molecule has 0 fully saturated rings.